The monoisotopic (exact) mass is 286 g/mol. The van der Waals surface area contributed by atoms with Crippen LogP contribution >= 0.6 is 0 Å². The fourth-order valence-corrected chi connectivity index (χ4v) is 6.27. The van der Waals surface area contributed by atoms with Gasteiger partial charge in [-0.3, -0.25) is 0 Å². The molecular formula is C20H30O. The Hall–Kier alpha value is -0.560. The van der Waals surface area contributed by atoms with Gasteiger partial charge in [0.2, 0.25) is 0 Å². The van der Waals surface area contributed by atoms with Gasteiger partial charge >= 0.3 is 0 Å². The van der Waals surface area contributed by atoms with Crippen LogP contribution in [0.25, 0.3) is 0 Å². The maximum Gasteiger partial charge on any atom is 0.0719 e. The van der Waals surface area contributed by atoms with Gasteiger partial charge < -0.3 is 4.74 Å². The summed E-state index contributed by atoms with van der Waals surface area (Å²) in [6.07, 6.45) is 13.4. The maximum absolute atomic E-state index is 6.22. The summed E-state index contributed by atoms with van der Waals surface area (Å²) in [5, 5.41) is 0. The van der Waals surface area contributed by atoms with E-state index in [2.05, 4.69) is 45.9 Å². The van der Waals surface area contributed by atoms with Crippen LogP contribution in [0.5, 0.6) is 0 Å². The van der Waals surface area contributed by atoms with Crippen molar-refractivity contribution in [2.24, 2.45) is 34.5 Å². The number of fused-ring (bicyclic) bond motifs is 1. The average Bonchev–Trinajstić information content (AvgIpc) is 2.74. The van der Waals surface area contributed by atoms with Crippen molar-refractivity contribution in [3.63, 3.8) is 0 Å². The standard InChI is InChI=1S/C20H30O/c1-13(2)6-5-7-14(3)15-8-10-19(4)11-9-16-18-20(16,19)17(15)12-21-18/h6,9,11,14-18H,5,7-8,10,12H2,1-4H3/t14-,15+,16+,17+,18+,19-,20-/m1/s1. The molecule has 0 aromatic carbocycles. The van der Waals surface area contributed by atoms with Crippen molar-refractivity contribution in [1.82, 2.24) is 0 Å². The highest BCUT2D eigenvalue weighted by Crippen LogP contribution is 2.80. The Morgan fingerprint density at radius 2 is 2.24 bits per heavy atom. The molecule has 2 saturated carbocycles. The van der Waals surface area contributed by atoms with Gasteiger partial charge in [-0.05, 0) is 62.7 Å². The minimum absolute atomic E-state index is 0.444. The first-order chi connectivity index (χ1) is 10.0. The zero-order chi connectivity index (χ0) is 14.8. The van der Waals surface area contributed by atoms with Gasteiger partial charge in [-0.2, -0.15) is 0 Å². The van der Waals surface area contributed by atoms with E-state index in [0.29, 0.717) is 16.9 Å². The smallest absolute Gasteiger partial charge is 0.0719 e. The molecule has 0 bridgehead atoms. The predicted molar refractivity (Wildman–Crippen MR) is 87.0 cm³/mol. The first-order valence-electron chi connectivity index (χ1n) is 8.95. The third-order valence-electron chi connectivity index (χ3n) is 7.39. The fourth-order valence-electron chi connectivity index (χ4n) is 6.27. The molecule has 116 valence electrons. The number of ether oxygens (including phenoxy) is 1. The Bertz CT molecular complexity index is 500. The van der Waals surface area contributed by atoms with Crippen molar-refractivity contribution in [1.29, 1.82) is 0 Å². The first-order valence-corrected chi connectivity index (χ1v) is 8.95. The molecule has 1 heterocycles. The molecule has 4 rings (SSSR count). The van der Waals surface area contributed by atoms with E-state index in [4.69, 9.17) is 4.74 Å². The summed E-state index contributed by atoms with van der Waals surface area (Å²) in [7, 11) is 0. The molecule has 1 nitrogen and oxygen atoms in total. The molecule has 0 aromatic rings. The Morgan fingerprint density at radius 3 is 2.95 bits per heavy atom. The average molecular weight is 286 g/mol. The summed E-state index contributed by atoms with van der Waals surface area (Å²) in [5.41, 5.74) is 2.42. The van der Waals surface area contributed by atoms with Crippen LogP contribution in [0.2, 0.25) is 0 Å². The molecule has 1 aliphatic heterocycles. The van der Waals surface area contributed by atoms with Gasteiger partial charge in [0, 0.05) is 11.3 Å². The third kappa shape index (κ3) is 1.67. The molecule has 0 radical (unpaired) electrons. The van der Waals surface area contributed by atoms with Crippen molar-refractivity contribution in [2.75, 3.05) is 6.61 Å². The van der Waals surface area contributed by atoms with E-state index in [1.165, 1.54) is 31.3 Å². The predicted octanol–water partition coefficient (Wildman–Crippen LogP) is 4.99. The maximum atomic E-state index is 6.22. The Balaban J connectivity index is 1.51. The van der Waals surface area contributed by atoms with E-state index in [-0.39, 0.29) is 0 Å². The molecule has 7 atom stereocenters. The van der Waals surface area contributed by atoms with E-state index in [0.717, 1.165) is 30.3 Å². The van der Waals surface area contributed by atoms with Crippen molar-refractivity contribution in [2.45, 2.75) is 59.5 Å². The fraction of sp³-hybridized carbons (Fsp3) is 0.800. The van der Waals surface area contributed by atoms with Gasteiger partial charge in [-0.1, -0.05) is 37.6 Å². The topological polar surface area (TPSA) is 9.23 Å². The first kappa shape index (κ1) is 14.1. The molecule has 3 fully saturated rings. The molecule has 21 heavy (non-hydrogen) atoms. The lowest BCUT2D eigenvalue weighted by Gasteiger charge is -2.48. The molecular weight excluding hydrogens is 256 g/mol. The van der Waals surface area contributed by atoms with Crippen LogP contribution in [-0.2, 0) is 4.74 Å². The molecule has 0 N–H and O–H groups in total. The van der Waals surface area contributed by atoms with Gasteiger partial charge in [0.05, 0.1) is 12.7 Å². The molecule has 4 aliphatic rings. The third-order valence-corrected chi connectivity index (χ3v) is 7.39. The summed E-state index contributed by atoms with van der Waals surface area (Å²) in [6, 6.07) is 0. The lowest BCUT2D eigenvalue weighted by atomic mass is 9.55. The lowest BCUT2D eigenvalue weighted by Crippen LogP contribution is -2.44. The van der Waals surface area contributed by atoms with Crippen LogP contribution in [0.1, 0.15) is 53.4 Å². The molecule has 0 unspecified atom stereocenters. The van der Waals surface area contributed by atoms with Gasteiger partial charge in [0.25, 0.3) is 0 Å². The van der Waals surface area contributed by atoms with Crippen LogP contribution in [0.3, 0.4) is 0 Å². The summed E-state index contributed by atoms with van der Waals surface area (Å²) in [4.78, 5) is 0. The second-order valence-electron chi connectivity index (χ2n) is 8.63. The van der Waals surface area contributed by atoms with E-state index in [9.17, 15) is 0 Å². The quantitative estimate of drug-likeness (QED) is 0.662. The van der Waals surface area contributed by atoms with Crippen LogP contribution in [0.15, 0.2) is 23.8 Å². The van der Waals surface area contributed by atoms with Crippen LogP contribution < -0.4 is 0 Å². The minimum Gasteiger partial charge on any atom is -0.377 e. The van der Waals surface area contributed by atoms with E-state index in [1.54, 1.807) is 0 Å². The van der Waals surface area contributed by atoms with Crippen molar-refractivity contribution >= 4 is 0 Å². The van der Waals surface area contributed by atoms with Gasteiger partial charge in [0.1, 0.15) is 0 Å². The Labute approximate surface area is 129 Å². The van der Waals surface area contributed by atoms with Crippen LogP contribution in [0, 0.1) is 34.5 Å². The van der Waals surface area contributed by atoms with E-state index < -0.39 is 0 Å². The van der Waals surface area contributed by atoms with Crippen LogP contribution in [-0.4, -0.2) is 12.7 Å². The highest BCUT2D eigenvalue weighted by molar-refractivity contribution is 5.40. The lowest BCUT2D eigenvalue weighted by molar-refractivity contribution is 0.0140. The van der Waals surface area contributed by atoms with Gasteiger partial charge in [0.15, 0.2) is 0 Å². The normalized spacial score (nSPS) is 50.5. The van der Waals surface area contributed by atoms with Crippen molar-refractivity contribution < 1.29 is 4.74 Å². The number of hydrogen-bond acceptors (Lipinski definition) is 1. The summed E-state index contributed by atoms with van der Waals surface area (Å²) >= 11 is 0. The van der Waals surface area contributed by atoms with Gasteiger partial charge in [-0.25, -0.2) is 0 Å². The molecule has 0 aromatic heterocycles. The summed E-state index contributed by atoms with van der Waals surface area (Å²) in [6.45, 7) is 10.5. The molecule has 1 heteroatoms. The molecule has 1 spiro atoms. The van der Waals surface area contributed by atoms with E-state index in [1.807, 2.05) is 0 Å². The second-order valence-corrected chi connectivity index (χ2v) is 8.63. The highest BCUT2D eigenvalue weighted by atomic mass is 16.5. The van der Waals surface area contributed by atoms with Crippen molar-refractivity contribution in [3.05, 3.63) is 23.8 Å². The Morgan fingerprint density at radius 1 is 1.43 bits per heavy atom. The molecule has 0 amide bonds. The van der Waals surface area contributed by atoms with Crippen molar-refractivity contribution in [3.8, 4) is 0 Å². The SMILES string of the molecule is CC(C)=CCC[C@@H](C)[C@@H]1CC[C@]2(C)C=C[C@H]3[C@@H]4OC[C@@H]1[C@]342. The minimum atomic E-state index is 0.444. The van der Waals surface area contributed by atoms with Gasteiger partial charge in [-0.15, -0.1) is 0 Å². The number of allylic oxidation sites excluding steroid dienone is 3. The number of hydrogen-bond donors (Lipinski definition) is 0. The zero-order valence-electron chi connectivity index (χ0n) is 14.1. The second kappa shape index (κ2) is 4.47. The summed E-state index contributed by atoms with van der Waals surface area (Å²) in [5.74, 6) is 3.31. The molecule has 1 saturated heterocycles. The highest BCUT2D eigenvalue weighted by Gasteiger charge is 2.82. The largest absolute Gasteiger partial charge is 0.377 e. The summed E-state index contributed by atoms with van der Waals surface area (Å²) < 4.78 is 6.22. The number of rotatable bonds is 4. The van der Waals surface area contributed by atoms with E-state index >= 15 is 0 Å². The van der Waals surface area contributed by atoms with Crippen LogP contribution in [0.4, 0.5) is 0 Å². The Kier molecular flexibility index (Phi) is 2.99. The molecule has 3 aliphatic carbocycles. The zero-order valence-corrected chi connectivity index (χ0v) is 14.1.